The number of carboxylic acid groups (broad SMARTS) is 1. The Morgan fingerprint density at radius 3 is 2.57 bits per heavy atom. The van der Waals surface area contributed by atoms with Crippen LogP contribution in [-0.2, 0) is 9.53 Å². The predicted octanol–water partition coefficient (Wildman–Crippen LogP) is -0.436. The Balaban J connectivity index is 1.65. The van der Waals surface area contributed by atoms with E-state index in [4.69, 9.17) is 19.0 Å². The first kappa shape index (κ1) is 18.3. The number of rotatable bonds is 3. The van der Waals surface area contributed by atoms with E-state index in [1.165, 1.54) is 30.3 Å². The summed E-state index contributed by atoms with van der Waals surface area (Å²) in [5.74, 6) is -1.10. The molecule has 0 aromatic heterocycles. The van der Waals surface area contributed by atoms with E-state index < -0.39 is 36.7 Å². The maximum Gasteiger partial charge on any atom is 0.335 e. The minimum absolute atomic E-state index is 0.132. The normalized spacial score (nSPS) is 27.8. The van der Waals surface area contributed by atoms with E-state index in [1.807, 2.05) is 0 Å². The molecule has 146 valence electrons. The highest BCUT2D eigenvalue weighted by molar-refractivity contribution is 5.77. The Morgan fingerprint density at radius 2 is 1.82 bits per heavy atom. The quantitative estimate of drug-likeness (QED) is 0.433. The third-order valence-electron chi connectivity index (χ3n) is 4.39. The van der Waals surface area contributed by atoms with Gasteiger partial charge in [0.25, 0.3) is 0 Å². The van der Waals surface area contributed by atoms with E-state index in [1.54, 1.807) is 6.07 Å². The second kappa shape index (κ2) is 6.84. The highest BCUT2D eigenvalue weighted by Crippen LogP contribution is 2.29. The molecule has 5 atom stereocenters. The number of aliphatic carboxylic acids is 1. The van der Waals surface area contributed by atoms with Crippen molar-refractivity contribution in [3.63, 3.8) is 0 Å². The van der Waals surface area contributed by atoms with Crippen LogP contribution in [0.4, 0.5) is 0 Å². The summed E-state index contributed by atoms with van der Waals surface area (Å²) in [6.07, 6.45) is -8.58. The molecule has 0 saturated carbocycles. The molecule has 4 N–H and O–H groups in total. The van der Waals surface area contributed by atoms with E-state index in [2.05, 4.69) is 4.98 Å². The second-order valence-corrected chi connectivity index (χ2v) is 6.33. The van der Waals surface area contributed by atoms with Gasteiger partial charge in [-0.1, -0.05) is 0 Å². The van der Waals surface area contributed by atoms with Crippen LogP contribution in [0.15, 0.2) is 45.6 Å². The number of aromatic nitrogens is 1. The van der Waals surface area contributed by atoms with Gasteiger partial charge in [-0.2, -0.15) is 0 Å². The Morgan fingerprint density at radius 1 is 1.04 bits per heavy atom. The Kier molecular flexibility index (Phi) is 4.47. The van der Waals surface area contributed by atoms with E-state index in [0.717, 1.165) is 0 Å². The van der Waals surface area contributed by atoms with Gasteiger partial charge in [0.2, 0.25) is 6.29 Å². The second-order valence-electron chi connectivity index (χ2n) is 6.33. The van der Waals surface area contributed by atoms with E-state index in [0.29, 0.717) is 11.2 Å². The first-order valence-electron chi connectivity index (χ1n) is 8.27. The van der Waals surface area contributed by atoms with Crippen LogP contribution in [0.3, 0.4) is 0 Å². The summed E-state index contributed by atoms with van der Waals surface area (Å²) in [6, 6.07) is 8.67. The molecule has 0 bridgehead atoms. The summed E-state index contributed by atoms with van der Waals surface area (Å²) in [7, 11) is 0. The first-order valence-corrected chi connectivity index (χ1v) is 8.27. The number of fused-ring (bicyclic) bond motifs is 2. The molecule has 1 fully saturated rings. The van der Waals surface area contributed by atoms with Gasteiger partial charge in [-0.05, 0) is 24.3 Å². The zero-order chi connectivity index (χ0) is 20.0. The minimum Gasteiger partial charge on any atom is -0.479 e. The molecule has 28 heavy (non-hydrogen) atoms. The minimum atomic E-state index is -1.81. The van der Waals surface area contributed by atoms with Crippen molar-refractivity contribution in [1.29, 1.82) is 0 Å². The summed E-state index contributed by atoms with van der Waals surface area (Å²) < 4.78 is 16.2. The first-order chi connectivity index (χ1) is 13.3. The van der Waals surface area contributed by atoms with Crippen LogP contribution < -0.4 is 10.2 Å². The van der Waals surface area contributed by atoms with Crippen molar-refractivity contribution in [3.05, 3.63) is 46.6 Å². The van der Waals surface area contributed by atoms with Crippen LogP contribution in [0.1, 0.15) is 0 Å². The molecule has 4 rings (SSSR count). The molecule has 10 nitrogen and oxygen atoms in total. The van der Waals surface area contributed by atoms with E-state index >= 15 is 0 Å². The predicted molar refractivity (Wildman–Crippen MR) is 91.8 cm³/mol. The molecule has 1 aromatic carbocycles. The molecule has 3 aliphatic rings. The maximum absolute atomic E-state index is 11.5. The van der Waals surface area contributed by atoms with Crippen LogP contribution in [0.25, 0.3) is 22.6 Å². The van der Waals surface area contributed by atoms with Gasteiger partial charge in [0.05, 0.1) is 0 Å². The Hall–Kier alpha value is -3.05. The third-order valence-corrected chi connectivity index (χ3v) is 4.39. The van der Waals surface area contributed by atoms with Gasteiger partial charge in [-0.15, -0.1) is 0 Å². The molecule has 1 saturated heterocycles. The topological polar surface area (TPSA) is 160 Å². The summed E-state index contributed by atoms with van der Waals surface area (Å²) in [4.78, 5) is 27.0. The highest BCUT2D eigenvalue weighted by Gasteiger charge is 2.48. The largest absolute Gasteiger partial charge is 0.479 e. The lowest BCUT2D eigenvalue weighted by molar-refractivity contribution is -0.271. The molecule has 1 aromatic rings. The van der Waals surface area contributed by atoms with Gasteiger partial charge in [0, 0.05) is 12.1 Å². The number of hydrogen-bond donors (Lipinski definition) is 4. The van der Waals surface area contributed by atoms with E-state index in [-0.39, 0.29) is 22.5 Å². The summed E-state index contributed by atoms with van der Waals surface area (Å²) in [5.41, 5.74) is 1.00. The van der Waals surface area contributed by atoms with E-state index in [9.17, 15) is 24.9 Å². The SMILES string of the molecule is O=C(O)[C@@H]1O[C@@H](Oc2ccc3nc4ccc(=O)cc-4oc3c2)[C@@H](O)[C@H](O)[C@H]1O. The lowest BCUT2D eigenvalue weighted by atomic mass is 9.99. The van der Waals surface area contributed by atoms with Gasteiger partial charge < -0.3 is 34.3 Å². The number of benzene rings is 2. The monoisotopic (exact) mass is 389 g/mol. The standard InChI is InChI=1S/C18H15NO9/c20-7-1-3-9-11(5-7)27-12-6-8(2-4-10(12)19-9)26-18-15(23)13(21)14(22)16(28-18)17(24)25/h1-6,13-16,18,21-23H,(H,24,25)/t13-,14-,15+,16-,18-/m1/s1. The van der Waals surface area contributed by atoms with Crippen molar-refractivity contribution in [3.8, 4) is 17.2 Å². The zero-order valence-corrected chi connectivity index (χ0v) is 14.1. The van der Waals surface area contributed by atoms with Crippen molar-refractivity contribution in [2.24, 2.45) is 0 Å². The van der Waals surface area contributed by atoms with Gasteiger partial charge >= 0.3 is 5.97 Å². The zero-order valence-electron chi connectivity index (χ0n) is 14.1. The highest BCUT2D eigenvalue weighted by atomic mass is 16.7. The molecule has 0 spiro atoms. The lowest BCUT2D eigenvalue weighted by Gasteiger charge is -2.38. The van der Waals surface area contributed by atoms with Gasteiger partial charge in [-0.25, -0.2) is 9.78 Å². The summed E-state index contributed by atoms with van der Waals surface area (Å²) >= 11 is 0. The molecule has 0 amide bonds. The van der Waals surface area contributed by atoms with Crippen LogP contribution in [0.2, 0.25) is 0 Å². The molecular weight excluding hydrogens is 374 g/mol. The van der Waals surface area contributed by atoms with Crippen molar-refractivity contribution in [1.82, 2.24) is 4.98 Å². The number of carbonyl (C=O) groups is 1. The van der Waals surface area contributed by atoms with Gasteiger partial charge in [0.1, 0.15) is 35.3 Å². The molecule has 0 unspecified atom stereocenters. The molecular formula is C18H15NO9. The lowest BCUT2D eigenvalue weighted by Crippen LogP contribution is -2.61. The Labute approximate surface area is 156 Å². The van der Waals surface area contributed by atoms with Crippen molar-refractivity contribution in [2.45, 2.75) is 30.7 Å². The van der Waals surface area contributed by atoms with Crippen molar-refractivity contribution < 1.29 is 39.1 Å². The summed E-state index contributed by atoms with van der Waals surface area (Å²) in [5, 5.41) is 38.7. The number of nitrogens with zero attached hydrogens (tertiary/aromatic N) is 1. The van der Waals surface area contributed by atoms with Gasteiger partial charge in [0.15, 0.2) is 22.9 Å². The fourth-order valence-electron chi connectivity index (χ4n) is 2.94. The number of aliphatic hydroxyl groups excluding tert-OH is 3. The van der Waals surface area contributed by atoms with Crippen molar-refractivity contribution >= 4 is 17.1 Å². The average Bonchev–Trinajstić information content (AvgIpc) is 2.66. The molecule has 2 aliphatic heterocycles. The van der Waals surface area contributed by atoms with Gasteiger partial charge in [-0.3, -0.25) is 4.79 Å². The van der Waals surface area contributed by atoms with Crippen molar-refractivity contribution in [2.75, 3.05) is 0 Å². The smallest absolute Gasteiger partial charge is 0.335 e. The number of ether oxygens (including phenoxy) is 2. The maximum atomic E-state index is 11.5. The molecule has 1 aliphatic carbocycles. The van der Waals surface area contributed by atoms with Crippen LogP contribution in [0, 0.1) is 0 Å². The number of carboxylic acids is 1. The van der Waals surface area contributed by atoms with Crippen LogP contribution >= 0.6 is 0 Å². The Bertz CT molecular complexity index is 1060. The fourth-order valence-corrected chi connectivity index (χ4v) is 2.94. The molecule has 2 heterocycles. The third kappa shape index (κ3) is 3.18. The molecule has 10 heteroatoms. The average molecular weight is 389 g/mol. The van der Waals surface area contributed by atoms with Crippen LogP contribution in [-0.4, -0.2) is 62.1 Å². The summed E-state index contributed by atoms with van der Waals surface area (Å²) in [6.45, 7) is 0. The fraction of sp³-hybridized carbons (Fsp3) is 0.278. The molecule has 0 radical (unpaired) electrons. The number of hydrogen-bond acceptors (Lipinski definition) is 9. The van der Waals surface area contributed by atoms with Crippen LogP contribution in [0.5, 0.6) is 5.75 Å². The number of aliphatic hydroxyl groups is 3.